The highest BCUT2D eigenvalue weighted by atomic mass is 16.5. The van der Waals surface area contributed by atoms with E-state index in [1.807, 2.05) is 0 Å². The van der Waals surface area contributed by atoms with Gasteiger partial charge in [-0.1, -0.05) is 20.3 Å². The van der Waals surface area contributed by atoms with Gasteiger partial charge in [-0.05, 0) is 37.5 Å². The van der Waals surface area contributed by atoms with E-state index < -0.39 is 0 Å². The number of fused-ring (bicyclic) bond motifs is 3. The second kappa shape index (κ2) is 2.31. The Labute approximate surface area is 80.8 Å². The van der Waals surface area contributed by atoms with Crippen molar-refractivity contribution in [2.24, 2.45) is 10.8 Å². The van der Waals surface area contributed by atoms with Crippen LogP contribution in [0.4, 0.5) is 0 Å². The van der Waals surface area contributed by atoms with Crippen molar-refractivity contribution in [1.82, 2.24) is 0 Å². The van der Waals surface area contributed by atoms with Crippen molar-refractivity contribution in [3.8, 4) is 0 Å². The lowest BCUT2D eigenvalue weighted by atomic mass is 9.60. The van der Waals surface area contributed by atoms with Gasteiger partial charge in [0, 0.05) is 5.41 Å². The predicted molar refractivity (Wildman–Crippen MR) is 52.6 cm³/mol. The first kappa shape index (κ1) is 8.28. The van der Waals surface area contributed by atoms with E-state index in [0.29, 0.717) is 23.0 Å². The van der Waals surface area contributed by atoms with Crippen LogP contribution in [0.25, 0.3) is 0 Å². The lowest BCUT2D eigenvalue weighted by molar-refractivity contribution is 0.00765. The van der Waals surface area contributed by atoms with Crippen molar-refractivity contribution >= 4 is 0 Å². The van der Waals surface area contributed by atoms with Crippen molar-refractivity contribution in [3.63, 3.8) is 0 Å². The second-order valence-corrected chi connectivity index (χ2v) is 5.92. The Hall–Kier alpha value is -0.0400. The van der Waals surface area contributed by atoms with E-state index in [1.165, 1.54) is 38.5 Å². The first-order chi connectivity index (χ1) is 6.14. The zero-order valence-corrected chi connectivity index (χ0v) is 8.81. The lowest BCUT2D eigenvalue weighted by Gasteiger charge is -2.43. The number of hydrogen-bond acceptors (Lipinski definition) is 1. The average molecular weight is 180 g/mol. The zero-order chi connectivity index (χ0) is 9.10. The summed E-state index contributed by atoms with van der Waals surface area (Å²) in [5.41, 5.74) is 1.13. The molecule has 3 atom stereocenters. The number of hydrogen-bond donors (Lipinski definition) is 0. The Bertz CT molecular complexity index is 233. The minimum absolute atomic E-state index is 0.548. The van der Waals surface area contributed by atoms with Crippen molar-refractivity contribution in [1.29, 1.82) is 0 Å². The van der Waals surface area contributed by atoms with Crippen molar-refractivity contribution in [3.05, 3.63) is 0 Å². The molecule has 1 spiro atoms. The SMILES string of the molecule is CC1(C)CCCC12CC1CCC2O1. The maximum absolute atomic E-state index is 6.05. The van der Waals surface area contributed by atoms with Crippen LogP contribution in [0.2, 0.25) is 0 Å². The summed E-state index contributed by atoms with van der Waals surface area (Å²) in [4.78, 5) is 0. The molecule has 1 aliphatic carbocycles. The summed E-state index contributed by atoms with van der Waals surface area (Å²) < 4.78 is 6.05. The molecule has 1 heteroatoms. The van der Waals surface area contributed by atoms with E-state index in [-0.39, 0.29) is 0 Å². The monoisotopic (exact) mass is 180 g/mol. The molecule has 74 valence electrons. The van der Waals surface area contributed by atoms with Gasteiger partial charge < -0.3 is 4.74 Å². The van der Waals surface area contributed by atoms with Crippen LogP contribution in [-0.4, -0.2) is 12.2 Å². The molecular weight excluding hydrogens is 160 g/mol. The molecule has 13 heavy (non-hydrogen) atoms. The van der Waals surface area contributed by atoms with Crippen LogP contribution in [0, 0.1) is 10.8 Å². The Morgan fingerprint density at radius 1 is 1.15 bits per heavy atom. The Balaban J connectivity index is 1.97. The average Bonchev–Trinajstić information content (AvgIpc) is 2.68. The van der Waals surface area contributed by atoms with Gasteiger partial charge in [0.05, 0.1) is 12.2 Å². The third kappa shape index (κ3) is 0.869. The summed E-state index contributed by atoms with van der Waals surface area (Å²) in [6.45, 7) is 4.92. The zero-order valence-electron chi connectivity index (χ0n) is 8.81. The smallest absolute Gasteiger partial charge is 0.0642 e. The van der Waals surface area contributed by atoms with Gasteiger partial charge in [0.1, 0.15) is 0 Å². The topological polar surface area (TPSA) is 9.23 Å². The second-order valence-electron chi connectivity index (χ2n) is 5.92. The molecule has 3 fully saturated rings. The van der Waals surface area contributed by atoms with Gasteiger partial charge in [-0.15, -0.1) is 0 Å². The Morgan fingerprint density at radius 2 is 2.00 bits per heavy atom. The van der Waals surface area contributed by atoms with Crippen molar-refractivity contribution < 1.29 is 4.74 Å². The van der Waals surface area contributed by atoms with Crippen LogP contribution in [0.5, 0.6) is 0 Å². The maximum atomic E-state index is 6.05. The maximum Gasteiger partial charge on any atom is 0.0642 e. The highest BCUT2D eigenvalue weighted by Gasteiger charge is 2.60. The van der Waals surface area contributed by atoms with E-state index >= 15 is 0 Å². The summed E-state index contributed by atoms with van der Waals surface area (Å²) in [5, 5.41) is 0. The minimum atomic E-state index is 0.548. The van der Waals surface area contributed by atoms with E-state index in [9.17, 15) is 0 Å². The molecule has 0 radical (unpaired) electrons. The molecule has 1 saturated carbocycles. The normalized spacial score (nSPS) is 52.2. The Kier molecular flexibility index (Phi) is 1.47. The fourth-order valence-electron chi connectivity index (χ4n) is 4.21. The molecule has 2 saturated heterocycles. The fourth-order valence-corrected chi connectivity index (χ4v) is 4.21. The molecule has 0 aromatic heterocycles. The molecule has 2 aliphatic heterocycles. The highest BCUT2D eigenvalue weighted by molar-refractivity contribution is 5.09. The highest BCUT2D eigenvalue weighted by Crippen LogP contribution is 2.64. The third-order valence-electron chi connectivity index (χ3n) is 5.09. The number of rotatable bonds is 0. The molecule has 2 heterocycles. The first-order valence-electron chi connectivity index (χ1n) is 5.80. The van der Waals surface area contributed by atoms with Crippen molar-refractivity contribution in [2.45, 2.75) is 64.6 Å². The van der Waals surface area contributed by atoms with E-state index in [1.54, 1.807) is 0 Å². The van der Waals surface area contributed by atoms with Crippen molar-refractivity contribution in [2.75, 3.05) is 0 Å². The van der Waals surface area contributed by atoms with Crippen LogP contribution >= 0.6 is 0 Å². The third-order valence-corrected chi connectivity index (χ3v) is 5.09. The van der Waals surface area contributed by atoms with Gasteiger partial charge in [0.25, 0.3) is 0 Å². The molecule has 0 N–H and O–H groups in total. The van der Waals surface area contributed by atoms with Gasteiger partial charge in [0.15, 0.2) is 0 Å². The first-order valence-corrected chi connectivity index (χ1v) is 5.80. The van der Waals surface area contributed by atoms with E-state index in [0.717, 1.165) is 0 Å². The van der Waals surface area contributed by atoms with Crippen LogP contribution in [-0.2, 0) is 4.74 Å². The lowest BCUT2D eigenvalue weighted by Crippen LogP contribution is -2.41. The predicted octanol–water partition coefficient (Wildman–Crippen LogP) is 3.13. The molecule has 0 aromatic rings. The molecular formula is C12H20O. The standard InChI is InChI=1S/C12H20O/c1-11(2)6-3-7-12(11)8-9-4-5-10(12)13-9/h9-10H,3-8H2,1-2H3. The van der Waals surface area contributed by atoms with Gasteiger partial charge in [-0.25, -0.2) is 0 Å². The summed E-state index contributed by atoms with van der Waals surface area (Å²) in [6, 6.07) is 0. The molecule has 3 aliphatic rings. The summed E-state index contributed by atoms with van der Waals surface area (Å²) in [5.74, 6) is 0. The molecule has 1 nitrogen and oxygen atoms in total. The quantitative estimate of drug-likeness (QED) is 0.556. The molecule has 0 amide bonds. The van der Waals surface area contributed by atoms with Gasteiger partial charge >= 0.3 is 0 Å². The van der Waals surface area contributed by atoms with Crippen LogP contribution in [0.3, 0.4) is 0 Å². The van der Waals surface area contributed by atoms with Crippen LogP contribution < -0.4 is 0 Å². The summed E-state index contributed by atoms with van der Waals surface area (Å²) >= 11 is 0. The van der Waals surface area contributed by atoms with Crippen LogP contribution in [0.15, 0.2) is 0 Å². The van der Waals surface area contributed by atoms with E-state index in [2.05, 4.69) is 13.8 Å². The van der Waals surface area contributed by atoms with Gasteiger partial charge in [-0.3, -0.25) is 0 Å². The Morgan fingerprint density at radius 3 is 2.46 bits per heavy atom. The molecule has 3 unspecified atom stereocenters. The van der Waals surface area contributed by atoms with Crippen LogP contribution in [0.1, 0.15) is 52.4 Å². The summed E-state index contributed by atoms with van der Waals surface area (Å²) in [6.07, 6.45) is 9.57. The molecule has 0 aromatic carbocycles. The summed E-state index contributed by atoms with van der Waals surface area (Å²) in [7, 11) is 0. The molecule has 2 bridgehead atoms. The van der Waals surface area contributed by atoms with Gasteiger partial charge in [0.2, 0.25) is 0 Å². The largest absolute Gasteiger partial charge is 0.374 e. The fraction of sp³-hybridized carbons (Fsp3) is 1.00. The molecule has 3 rings (SSSR count). The minimum Gasteiger partial charge on any atom is -0.374 e. The van der Waals surface area contributed by atoms with E-state index in [4.69, 9.17) is 4.74 Å². The van der Waals surface area contributed by atoms with Gasteiger partial charge in [-0.2, -0.15) is 0 Å². The number of ether oxygens (including phenoxy) is 1.